The van der Waals surface area contributed by atoms with Crippen LogP contribution in [0.5, 0.6) is 5.75 Å². The molecule has 0 saturated carbocycles. The molecule has 0 heterocycles. The van der Waals surface area contributed by atoms with Crippen LogP contribution in [-0.4, -0.2) is 19.7 Å². The molecule has 0 spiro atoms. The Hall–Kier alpha value is -1.02. The summed E-state index contributed by atoms with van der Waals surface area (Å²) in [5.41, 5.74) is 1.28. The van der Waals surface area contributed by atoms with Crippen LogP contribution in [0.25, 0.3) is 0 Å². The summed E-state index contributed by atoms with van der Waals surface area (Å²) >= 11 is 0. The number of hydrogen-bond donors (Lipinski definition) is 1. The molecule has 0 aliphatic heterocycles. The molecule has 0 saturated heterocycles. The van der Waals surface area contributed by atoms with Crippen LogP contribution in [0.2, 0.25) is 0 Å². The van der Waals surface area contributed by atoms with Gasteiger partial charge in [-0.2, -0.15) is 0 Å². The lowest BCUT2D eigenvalue weighted by Crippen LogP contribution is -2.16. The van der Waals surface area contributed by atoms with Crippen molar-refractivity contribution in [2.75, 3.05) is 19.7 Å². The van der Waals surface area contributed by atoms with Gasteiger partial charge >= 0.3 is 0 Å². The maximum Gasteiger partial charge on any atom is 0.119 e. The van der Waals surface area contributed by atoms with Crippen molar-refractivity contribution >= 4 is 0 Å². The van der Waals surface area contributed by atoms with Crippen molar-refractivity contribution in [2.24, 2.45) is 0 Å². The van der Waals surface area contributed by atoms with Crippen LogP contribution in [0, 0.1) is 6.92 Å². The van der Waals surface area contributed by atoms with Crippen LogP contribution in [0.15, 0.2) is 24.3 Å². The number of hydrogen-bond acceptors (Lipinski definition) is 2. The van der Waals surface area contributed by atoms with E-state index in [1.807, 2.05) is 12.1 Å². The molecule has 0 fully saturated rings. The van der Waals surface area contributed by atoms with Gasteiger partial charge in [0.1, 0.15) is 5.75 Å². The zero-order valence-corrected chi connectivity index (χ0v) is 11.9. The van der Waals surface area contributed by atoms with Crippen molar-refractivity contribution in [3.8, 4) is 5.75 Å². The Labute approximate surface area is 112 Å². The Morgan fingerprint density at radius 2 is 1.67 bits per heavy atom. The Bertz CT molecular complexity index is 294. The SMILES string of the molecule is CCCCNCCCCCOc1ccc(C)cc1. The molecule has 102 valence electrons. The lowest BCUT2D eigenvalue weighted by molar-refractivity contribution is 0.305. The van der Waals surface area contributed by atoms with E-state index >= 15 is 0 Å². The summed E-state index contributed by atoms with van der Waals surface area (Å²) in [6, 6.07) is 8.27. The Balaban J connectivity index is 1.91. The third kappa shape index (κ3) is 7.33. The first kappa shape index (κ1) is 15.0. The molecule has 18 heavy (non-hydrogen) atoms. The lowest BCUT2D eigenvalue weighted by Gasteiger charge is -2.07. The van der Waals surface area contributed by atoms with Gasteiger partial charge in [-0.25, -0.2) is 0 Å². The van der Waals surface area contributed by atoms with Gasteiger partial charge in [0.2, 0.25) is 0 Å². The molecule has 0 aliphatic rings. The summed E-state index contributed by atoms with van der Waals surface area (Å²) < 4.78 is 5.69. The average molecular weight is 249 g/mol. The van der Waals surface area contributed by atoms with Gasteiger partial charge in [0.15, 0.2) is 0 Å². The Kier molecular flexibility index (Phi) is 8.32. The fraction of sp³-hybridized carbons (Fsp3) is 0.625. The fourth-order valence-corrected chi connectivity index (χ4v) is 1.78. The largest absolute Gasteiger partial charge is 0.494 e. The molecule has 0 atom stereocenters. The van der Waals surface area contributed by atoms with Gasteiger partial charge < -0.3 is 10.1 Å². The molecule has 1 aromatic rings. The molecule has 0 unspecified atom stereocenters. The molecule has 0 aromatic heterocycles. The van der Waals surface area contributed by atoms with E-state index in [-0.39, 0.29) is 0 Å². The second kappa shape index (κ2) is 9.95. The van der Waals surface area contributed by atoms with E-state index in [9.17, 15) is 0 Å². The number of nitrogens with one attached hydrogen (secondary N) is 1. The van der Waals surface area contributed by atoms with Gasteiger partial charge in [0, 0.05) is 0 Å². The van der Waals surface area contributed by atoms with Gasteiger partial charge in [-0.1, -0.05) is 31.0 Å². The highest BCUT2D eigenvalue weighted by atomic mass is 16.5. The molecule has 1 rings (SSSR count). The highest BCUT2D eigenvalue weighted by molar-refractivity contribution is 5.26. The second-order valence-electron chi connectivity index (χ2n) is 4.83. The fourth-order valence-electron chi connectivity index (χ4n) is 1.78. The smallest absolute Gasteiger partial charge is 0.119 e. The molecule has 2 nitrogen and oxygen atoms in total. The monoisotopic (exact) mass is 249 g/mol. The van der Waals surface area contributed by atoms with Gasteiger partial charge in [0.25, 0.3) is 0 Å². The predicted molar refractivity (Wildman–Crippen MR) is 78.3 cm³/mol. The van der Waals surface area contributed by atoms with Crippen molar-refractivity contribution in [2.45, 2.75) is 46.0 Å². The van der Waals surface area contributed by atoms with E-state index in [1.54, 1.807) is 0 Å². The number of ether oxygens (including phenoxy) is 1. The van der Waals surface area contributed by atoms with Gasteiger partial charge in [-0.3, -0.25) is 0 Å². The summed E-state index contributed by atoms with van der Waals surface area (Å²) in [6.07, 6.45) is 6.20. The first-order valence-corrected chi connectivity index (χ1v) is 7.23. The van der Waals surface area contributed by atoms with E-state index < -0.39 is 0 Å². The Morgan fingerprint density at radius 1 is 0.944 bits per heavy atom. The molecular weight excluding hydrogens is 222 g/mol. The second-order valence-corrected chi connectivity index (χ2v) is 4.83. The van der Waals surface area contributed by atoms with E-state index in [1.165, 1.54) is 31.2 Å². The molecule has 1 aromatic carbocycles. The number of benzene rings is 1. The standard InChI is InChI=1S/C16H27NO/c1-3-4-12-17-13-6-5-7-14-18-16-10-8-15(2)9-11-16/h8-11,17H,3-7,12-14H2,1-2H3. The molecule has 0 aliphatic carbocycles. The molecule has 2 heteroatoms. The quantitative estimate of drug-likeness (QED) is 0.634. The number of unbranched alkanes of at least 4 members (excludes halogenated alkanes) is 3. The number of aryl methyl sites for hydroxylation is 1. The third-order valence-electron chi connectivity index (χ3n) is 2.99. The van der Waals surface area contributed by atoms with Crippen LogP contribution in [0.3, 0.4) is 0 Å². The van der Waals surface area contributed by atoms with Crippen molar-refractivity contribution < 1.29 is 4.74 Å². The normalized spacial score (nSPS) is 10.6. The van der Waals surface area contributed by atoms with Crippen molar-refractivity contribution in [3.63, 3.8) is 0 Å². The van der Waals surface area contributed by atoms with E-state index in [2.05, 4.69) is 31.3 Å². The van der Waals surface area contributed by atoms with Crippen LogP contribution in [0.1, 0.15) is 44.6 Å². The topological polar surface area (TPSA) is 21.3 Å². The average Bonchev–Trinajstić information content (AvgIpc) is 2.39. The van der Waals surface area contributed by atoms with Crippen LogP contribution < -0.4 is 10.1 Å². The minimum atomic E-state index is 0.831. The Morgan fingerprint density at radius 3 is 2.39 bits per heavy atom. The summed E-state index contributed by atoms with van der Waals surface area (Å²) in [6.45, 7) is 7.46. The van der Waals surface area contributed by atoms with Gasteiger partial charge in [-0.05, 0) is 57.8 Å². The zero-order valence-electron chi connectivity index (χ0n) is 11.9. The maximum atomic E-state index is 5.69. The summed E-state index contributed by atoms with van der Waals surface area (Å²) in [7, 11) is 0. The van der Waals surface area contributed by atoms with Crippen LogP contribution in [0.4, 0.5) is 0 Å². The highest BCUT2D eigenvalue weighted by Gasteiger charge is 1.94. The van der Waals surface area contributed by atoms with E-state index in [0.29, 0.717) is 0 Å². The first-order valence-electron chi connectivity index (χ1n) is 7.23. The maximum absolute atomic E-state index is 5.69. The molecule has 0 radical (unpaired) electrons. The molecule has 0 bridgehead atoms. The van der Waals surface area contributed by atoms with Crippen molar-refractivity contribution in [1.29, 1.82) is 0 Å². The van der Waals surface area contributed by atoms with Crippen molar-refractivity contribution in [3.05, 3.63) is 29.8 Å². The highest BCUT2D eigenvalue weighted by Crippen LogP contribution is 2.11. The molecule has 0 amide bonds. The van der Waals surface area contributed by atoms with E-state index in [0.717, 1.165) is 31.9 Å². The van der Waals surface area contributed by atoms with Crippen LogP contribution >= 0.6 is 0 Å². The molecule has 1 N–H and O–H groups in total. The lowest BCUT2D eigenvalue weighted by atomic mass is 10.2. The van der Waals surface area contributed by atoms with Gasteiger partial charge in [-0.15, -0.1) is 0 Å². The predicted octanol–water partition coefficient (Wildman–Crippen LogP) is 3.93. The molecular formula is C16H27NO. The third-order valence-corrected chi connectivity index (χ3v) is 2.99. The minimum absolute atomic E-state index is 0.831. The zero-order chi connectivity index (χ0) is 13.1. The number of rotatable bonds is 10. The van der Waals surface area contributed by atoms with Crippen molar-refractivity contribution in [1.82, 2.24) is 5.32 Å². The first-order chi connectivity index (χ1) is 8.83. The van der Waals surface area contributed by atoms with E-state index in [4.69, 9.17) is 4.74 Å². The summed E-state index contributed by atoms with van der Waals surface area (Å²) in [4.78, 5) is 0. The van der Waals surface area contributed by atoms with Gasteiger partial charge in [0.05, 0.1) is 6.61 Å². The van der Waals surface area contributed by atoms with Crippen LogP contribution in [-0.2, 0) is 0 Å². The minimum Gasteiger partial charge on any atom is -0.494 e. The summed E-state index contributed by atoms with van der Waals surface area (Å²) in [5, 5.41) is 3.46. The summed E-state index contributed by atoms with van der Waals surface area (Å²) in [5.74, 6) is 0.988.